The average Bonchev–Trinajstić information content (AvgIpc) is 2.82. The highest BCUT2D eigenvalue weighted by Gasteiger charge is 2.28. The van der Waals surface area contributed by atoms with Crippen molar-refractivity contribution in [3.63, 3.8) is 0 Å². The molecule has 0 aliphatic heterocycles. The van der Waals surface area contributed by atoms with Crippen molar-refractivity contribution in [2.75, 3.05) is 0 Å². The summed E-state index contributed by atoms with van der Waals surface area (Å²) in [6.45, 7) is 3.25. The molecule has 0 aliphatic rings. The van der Waals surface area contributed by atoms with Crippen LogP contribution < -0.4 is 4.72 Å². The highest BCUT2D eigenvalue weighted by atomic mass is 32.2. The molecular formula is C13H14N2O4S2. The number of nitrogens with zero attached hydrogens (tertiary/aromatic N) is 1. The van der Waals surface area contributed by atoms with Gasteiger partial charge < -0.3 is 5.11 Å². The molecule has 0 fully saturated rings. The van der Waals surface area contributed by atoms with Crippen LogP contribution in [0.15, 0.2) is 34.8 Å². The van der Waals surface area contributed by atoms with Gasteiger partial charge in [-0.15, -0.1) is 11.3 Å². The number of carbonyl (C=O) groups is 1. The van der Waals surface area contributed by atoms with Gasteiger partial charge >= 0.3 is 5.97 Å². The number of pyridine rings is 1. The van der Waals surface area contributed by atoms with Gasteiger partial charge in [-0.05, 0) is 36.4 Å². The summed E-state index contributed by atoms with van der Waals surface area (Å²) >= 11 is 0.903. The number of carboxylic acids is 1. The second-order valence-electron chi connectivity index (χ2n) is 4.51. The average molecular weight is 326 g/mol. The Hall–Kier alpha value is -1.77. The number of rotatable bonds is 5. The predicted molar refractivity (Wildman–Crippen MR) is 79.0 cm³/mol. The molecule has 0 aromatic carbocycles. The van der Waals surface area contributed by atoms with Gasteiger partial charge in [0.15, 0.2) is 0 Å². The molecule has 0 saturated heterocycles. The molecule has 2 N–H and O–H groups in total. The van der Waals surface area contributed by atoms with Crippen LogP contribution in [-0.4, -0.2) is 24.5 Å². The zero-order valence-corrected chi connectivity index (χ0v) is 13.0. The summed E-state index contributed by atoms with van der Waals surface area (Å²) in [7, 11) is -3.92. The minimum atomic E-state index is -3.92. The molecule has 112 valence electrons. The van der Waals surface area contributed by atoms with E-state index in [1.54, 1.807) is 38.4 Å². The van der Waals surface area contributed by atoms with E-state index in [4.69, 9.17) is 5.11 Å². The maximum absolute atomic E-state index is 12.4. The highest BCUT2D eigenvalue weighted by Crippen LogP contribution is 2.28. The van der Waals surface area contributed by atoms with Gasteiger partial charge in [-0.1, -0.05) is 6.07 Å². The van der Waals surface area contributed by atoms with Crippen molar-refractivity contribution < 1.29 is 18.3 Å². The van der Waals surface area contributed by atoms with E-state index in [1.807, 2.05) is 0 Å². The summed E-state index contributed by atoms with van der Waals surface area (Å²) in [5, 5.41) is 10.6. The molecule has 0 spiro atoms. The summed E-state index contributed by atoms with van der Waals surface area (Å²) in [5.41, 5.74) is 1.12. The van der Waals surface area contributed by atoms with Crippen LogP contribution in [0.1, 0.15) is 33.8 Å². The number of aromatic nitrogens is 1. The van der Waals surface area contributed by atoms with E-state index in [9.17, 15) is 13.2 Å². The lowest BCUT2D eigenvalue weighted by atomic mass is 10.2. The smallest absolute Gasteiger partial charge is 0.347 e. The second kappa shape index (κ2) is 5.92. The molecule has 2 heterocycles. The first-order valence-electron chi connectivity index (χ1n) is 6.06. The minimum absolute atomic E-state index is 0.171. The number of aryl methyl sites for hydroxylation is 1. The van der Waals surface area contributed by atoms with E-state index in [0.29, 0.717) is 11.1 Å². The lowest BCUT2D eigenvalue weighted by Crippen LogP contribution is -2.28. The molecule has 0 saturated carbocycles. The van der Waals surface area contributed by atoms with Crippen molar-refractivity contribution in [1.82, 2.24) is 9.71 Å². The summed E-state index contributed by atoms with van der Waals surface area (Å²) < 4.78 is 27.4. The summed E-state index contributed by atoms with van der Waals surface area (Å²) in [4.78, 5) is 14.7. The zero-order chi connectivity index (χ0) is 15.6. The van der Waals surface area contributed by atoms with Gasteiger partial charge in [0.05, 0.1) is 0 Å². The fourth-order valence-electron chi connectivity index (χ4n) is 1.91. The lowest BCUT2D eigenvalue weighted by Gasteiger charge is -2.14. The van der Waals surface area contributed by atoms with E-state index in [1.165, 1.54) is 5.38 Å². The van der Waals surface area contributed by atoms with E-state index < -0.39 is 22.0 Å². The number of hydrogen-bond donors (Lipinski definition) is 2. The van der Waals surface area contributed by atoms with E-state index in [-0.39, 0.29) is 9.77 Å². The molecule has 1 unspecified atom stereocenters. The van der Waals surface area contributed by atoms with Crippen molar-refractivity contribution in [2.45, 2.75) is 24.8 Å². The van der Waals surface area contributed by atoms with Crippen molar-refractivity contribution in [3.8, 4) is 0 Å². The fourth-order valence-corrected chi connectivity index (χ4v) is 4.77. The first-order chi connectivity index (χ1) is 9.83. The Morgan fingerprint density at radius 1 is 1.48 bits per heavy atom. The van der Waals surface area contributed by atoms with E-state index >= 15 is 0 Å². The SMILES string of the molecule is Cc1csc(C(=O)O)c1S(=O)(=O)NC(C)c1cccnc1. The monoisotopic (exact) mass is 326 g/mol. The van der Waals surface area contributed by atoms with Crippen LogP contribution in [0.5, 0.6) is 0 Å². The zero-order valence-electron chi connectivity index (χ0n) is 11.4. The quantitative estimate of drug-likeness (QED) is 0.878. The molecule has 0 bridgehead atoms. The molecule has 0 radical (unpaired) electrons. The molecule has 8 heteroatoms. The van der Waals surface area contributed by atoms with Crippen LogP contribution in [0.3, 0.4) is 0 Å². The topological polar surface area (TPSA) is 96.4 Å². The Bertz CT molecular complexity index is 754. The van der Waals surface area contributed by atoms with Gasteiger partial charge in [-0.2, -0.15) is 0 Å². The Kier molecular flexibility index (Phi) is 4.40. The number of carboxylic acid groups (broad SMARTS) is 1. The molecule has 21 heavy (non-hydrogen) atoms. The Morgan fingerprint density at radius 2 is 2.19 bits per heavy atom. The van der Waals surface area contributed by atoms with E-state index in [2.05, 4.69) is 9.71 Å². The third-order valence-corrected chi connectivity index (χ3v) is 5.84. The first-order valence-corrected chi connectivity index (χ1v) is 8.43. The van der Waals surface area contributed by atoms with Gasteiger partial charge in [-0.3, -0.25) is 4.98 Å². The third kappa shape index (κ3) is 3.29. The molecule has 2 rings (SSSR count). The van der Waals surface area contributed by atoms with E-state index in [0.717, 1.165) is 11.3 Å². The summed E-state index contributed by atoms with van der Waals surface area (Å²) in [6, 6.07) is 2.95. The Labute approximate surface area is 126 Å². The fraction of sp³-hybridized carbons (Fsp3) is 0.231. The van der Waals surface area contributed by atoms with Crippen molar-refractivity contribution in [1.29, 1.82) is 0 Å². The predicted octanol–water partition coefficient (Wildman–Crippen LogP) is 2.19. The van der Waals surface area contributed by atoms with Gasteiger partial charge in [0.1, 0.15) is 9.77 Å². The van der Waals surface area contributed by atoms with Crippen molar-refractivity contribution >= 4 is 27.3 Å². The van der Waals surface area contributed by atoms with Crippen LogP contribution in [0.4, 0.5) is 0 Å². The third-order valence-electron chi connectivity index (χ3n) is 2.90. The van der Waals surface area contributed by atoms with Crippen LogP contribution in [0, 0.1) is 6.92 Å². The summed E-state index contributed by atoms with van der Waals surface area (Å²) in [6.07, 6.45) is 3.15. The van der Waals surface area contributed by atoms with Crippen molar-refractivity contribution in [2.24, 2.45) is 0 Å². The van der Waals surface area contributed by atoms with Crippen LogP contribution in [0.25, 0.3) is 0 Å². The number of hydrogen-bond acceptors (Lipinski definition) is 5. The lowest BCUT2D eigenvalue weighted by molar-refractivity contribution is 0.0698. The van der Waals surface area contributed by atoms with Gasteiger partial charge in [0, 0.05) is 18.4 Å². The highest BCUT2D eigenvalue weighted by molar-refractivity contribution is 7.89. The maximum atomic E-state index is 12.4. The number of thiophene rings is 1. The minimum Gasteiger partial charge on any atom is -0.477 e. The molecule has 1 atom stereocenters. The molecular weight excluding hydrogens is 312 g/mol. The first kappa shape index (κ1) is 15.6. The molecule has 2 aromatic heterocycles. The number of nitrogens with one attached hydrogen (secondary N) is 1. The summed E-state index contributed by atoms with van der Waals surface area (Å²) in [5.74, 6) is -1.25. The van der Waals surface area contributed by atoms with Crippen molar-refractivity contribution in [3.05, 3.63) is 45.9 Å². The number of aromatic carboxylic acids is 1. The van der Waals surface area contributed by atoms with Gasteiger partial charge in [-0.25, -0.2) is 17.9 Å². The van der Waals surface area contributed by atoms with Gasteiger partial charge in [0.25, 0.3) is 0 Å². The Morgan fingerprint density at radius 3 is 2.76 bits per heavy atom. The van der Waals surface area contributed by atoms with Crippen LogP contribution >= 0.6 is 11.3 Å². The normalized spacial score (nSPS) is 13.0. The standard InChI is InChI=1S/C13H14N2O4S2/c1-8-7-20-11(13(16)17)12(8)21(18,19)15-9(2)10-4-3-5-14-6-10/h3-7,9,15H,1-2H3,(H,16,17). The molecule has 0 amide bonds. The van der Waals surface area contributed by atoms with Crippen LogP contribution in [-0.2, 0) is 10.0 Å². The Balaban J connectivity index is 2.36. The molecule has 6 nitrogen and oxygen atoms in total. The maximum Gasteiger partial charge on any atom is 0.347 e. The van der Waals surface area contributed by atoms with Gasteiger partial charge in [0.2, 0.25) is 10.0 Å². The number of sulfonamides is 1. The largest absolute Gasteiger partial charge is 0.477 e. The van der Waals surface area contributed by atoms with Crippen LogP contribution in [0.2, 0.25) is 0 Å². The second-order valence-corrected chi connectivity index (χ2v) is 7.04. The molecule has 0 aliphatic carbocycles. The molecule has 2 aromatic rings.